The smallest absolute Gasteiger partial charge is 0.159 e. The average molecular weight is 710 g/mol. The Morgan fingerprint density at radius 3 is 1.95 bits per heavy atom. The Morgan fingerprint density at radius 1 is 0.491 bits per heavy atom. The zero-order chi connectivity index (χ0) is 36.3. The fourth-order valence-corrected chi connectivity index (χ4v) is 12.2. The molecular weight excluding hydrogens is 667 g/mol. The monoisotopic (exact) mass is 709 g/mol. The van der Waals surface area contributed by atoms with Gasteiger partial charge in [0.2, 0.25) is 0 Å². The van der Waals surface area contributed by atoms with Gasteiger partial charge in [0.15, 0.2) is 5.58 Å². The molecule has 4 saturated carbocycles. The van der Waals surface area contributed by atoms with E-state index in [0.29, 0.717) is 0 Å². The highest BCUT2D eigenvalue weighted by Crippen LogP contribution is 2.69. The van der Waals surface area contributed by atoms with Gasteiger partial charge in [-0.25, -0.2) is 0 Å². The first-order valence-electron chi connectivity index (χ1n) is 20.3. The lowest BCUT2D eigenvalue weighted by Crippen LogP contribution is -2.55. The lowest BCUT2D eigenvalue weighted by atomic mass is 9.43. The SMILES string of the molecule is Cc1cc(N(c2ccc(-c3ccccc3)cc2)c2cccc3c2oc2ccccc23)ccc1-c1ccc2c(c1)-c1ccccc1C21C2CC3CC(C2)CC1C3. The number of para-hydroxylation sites is 2. The zero-order valence-corrected chi connectivity index (χ0v) is 31.2. The van der Waals surface area contributed by atoms with Gasteiger partial charge in [-0.05, 0) is 155 Å². The molecule has 0 amide bonds. The van der Waals surface area contributed by atoms with E-state index in [1.807, 2.05) is 6.07 Å². The van der Waals surface area contributed by atoms with E-state index in [-0.39, 0.29) is 5.41 Å². The highest BCUT2D eigenvalue weighted by atomic mass is 16.3. The molecule has 0 unspecified atom stereocenters. The standard InChI is InChI=1S/C53H43NO/c1-33-26-42(54(41-21-18-37(19-22-41)36-10-3-2-4-11-36)50-16-9-14-46-45-13-6-8-17-51(45)55-52(46)50)23-24-43(33)38-20-25-49-47(32-38)44-12-5-7-15-48(44)53(49)39-28-34-27-35(30-39)31-40(53)29-34/h2-26,32,34-35,39-40H,27-31H2,1H3. The van der Waals surface area contributed by atoms with Crippen LogP contribution in [0.1, 0.15) is 48.8 Å². The minimum atomic E-state index is 0.199. The van der Waals surface area contributed by atoms with Gasteiger partial charge >= 0.3 is 0 Å². The van der Waals surface area contributed by atoms with E-state index in [1.165, 1.54) is 71.0 Å². The lowest BCUT2D eigenvalue weighted by molar-refractivity contribution is -0.0399. The Hall–Kier alpha value is -5.86. The first-order chi connectivity index (χ1) is 27.1. The summed E-state index contributed by atoms with van der Waals surface area (Å²) in [5.74, 6) is 3.46. The van der Waals surface area contributed by atoms with E-state index < -0.39 is 0 Å². The molecule has 4 fully saturated rings. The number of fused-ring (bicyclic) bond motifs is 6. The Kier molecular flexibility index (Phi) is 6.77. The van der Waals surface area contributed by atoms with Crippen molar-refractivity contribution in [3.05, 3.63) is 174 Å². The van der Waals surface area contributed by atoms with Crippen molar-refractivity contribution < 1.29 is 4.42 Å². The molecule has 7 aromatic carbocycles. The van der Waals surface area contributed by atoms with Crippen LogP contribution < -0.4 is 4.90 Å². The third kappa shape index (κ3) is 4.55. The van der Waals surface area contributed by atoms with Gasteiger partial charge in [0.1, 0.15) is 5.58 Å². The maximum absolute atomic E-state index is 6.64. The van der Waals surface area contributed by atoms with E-state index in [9.17, 15) is 0 Å². The predicted molar refractivity (Wildman–Crippen MR) is 227 cm³/mol. The molecule has 13 rings (SSSR count). The minimum absolute atomic E-state index is 0.199. The van der Waals surface area contributed by atoms with Crippen LogP contribution in [0, 0.1) is 30.6 Å². The molecule has 0 atom stereocenters. The van der Waals surface area contributed by atoms with Gasteiger partial charge in [-0.2, -0.15) is 0 Å². The zero-order valence-electron chi connectivity index (χ0n) is 31.2. The third-order valence-electron chi connectivity index (χ3n) is 14.2. The summed E-state index contributed by atoms with van der Waals surface area (Å²) in [6.07, 6.45) is 7.13. The van der Waals surface area contributed by atoms with Gasteiger partial charge in [-0.3, -0.25) is 0 Å². The van der Waals surface area contributed by atoms with Gasteiger partial charge in [-0.1, -0.05) is 115 Å². The number of hydrogen-bond donors (Lipinski definition) is 0. The van der Waals surface area contributed by atoms with Crippen molar-refractivity contribution in [3.63, 3.8) is 0 Å². The third-order valence-corrected chi connectivity index (χ3v) is 14.2. The largest absolute Gasteiger partial charge is 0.454 e. The van der Waals surface area contributed by atoms with Crippen LogP contribution in [-0.2, 0) is 5.41 Å². The number of furan rings is 1. The van der Waals surface area contributed by atoms with E-state index in [0.717, 1.165) is 62.7 Å². The normalized spacial score (nSPS) is 23.1. The van der Waals surface area contributed by atoms with Crippen molar-refractivity contribution in [2.75, 3.05) is 4.90 Å². The molecule has 55 heavy (non-hydrogen) atoms. The van der Waals surface area contributed by atoms with Crippen LogP contribution in [0.2, 0.25) is 0 Å². The molecule has 5 aliphatic carbocycles. The molecule has 5 aliphatic rings. The van der Waals surface area contributed by atoms with Crippen LogP contribution in [0.4, 0.5) is 17.1 Å². The summed E-state index contributed by atoms with van der Waals surface area (Å²) in [7, 11) is 0. The Balaban J connectivity index is 0.978. The molecule has 1 aromatic heterocycles. The maximum Gasteiger partial charge on any atom is 0.159 e. The number of hydrogen-bond acceptors (Lipinski definition) is 2. The van der Waals surface area contributed by atoms with Crippen LogP contribution in [0.3, 0.4) is 0 Å². The molecular formula is C53H43NO. The fourth-order valence-electron chi connectivity index (χ4n) is 12.2. The fraction of sp³-hybridized carbons (Fsp3) is 0.208. The minimum Gasteiger partial charge on any atom is -0.454 e. The van der Waals surface area contributed by atoms with Crippen LogP contribution in [0.25, 0.3) is 55.3 Å². The number of nitrogens with zero attached hydrogens (tertiary/aromatic N) is 1. The summed E-state index contributed by atoms with van der Waals surface area (Å²) in [6, 6.07) is 58.4. The number of rotatable bonds is 5. The Bertz CT molecular complexity index is 2760. The first-order valence-corrected chi connectivity index (χ1v) is 20.3. The first kappa shape index (κ1) is 31.5. The van der Waals surface area contributed by atoms with E-state index in [1.54, 1.807) is 11.1 Å². The topological polar surface area (TPSA) is 16.4 Å². The van der Waals surface area contributed by atoms with Crippen molar-refractivity contribution in [1.82, 2.24) is 0 Å². The maximum atomic E-state index is 6.64. The van der Waals surface area contributed by atoms with Gasteiger partial charge in [0.25, 0.3) is 0 Å². The lowest BCUT2D eigenvalue weighted by Gasteiger charge is -2.61. The molecule has 2 heteroatoms. The van der Waals surface area contributed by atoms with Gasteiger partial charge in [0.05, 0.1) is 5.69 Å². The second-order valence-electron chi connectivity index (χ2n) is 17.0. The van der Waals surface area contributed by atoms with Gasteiger partial charge in [0, 0.05) is 27.6 Å². The summed E-state index contributed by atoms with van der Waals surface area (Å²) in [5, 5.41) is 2.27. The quantitative estimate of drug-likeness (QED) is 0.177. The van der Waals surface area contributed by atoms with Gasteiger partial charge < -0.3 is 9.32 Å². The Labute approximate surface area is 323 Å². The molecule has 4 bridgehead atoms. The molecule has 8 aromatic rings. The van der Waals surface area contributed by atoms with E-state index >= 15 is 0 Å². The highest BCUT2D eigenvalue weighted by Gasteiger charge is 2.61. The number of benzene rings is 7. The van der Waals surface area contributed by atoms with Crippen molar-refractivity contribution in [2.45, 2.75) is 44.4 Å². The number of aryl methyl sites for hydroxylation is 1. The average Bonchev–Trinajstić information content (AvgIpc) is 3.75. The molecule has 0 radical (unpaired) electrons. The second-order valence-corrected chi connectivity index (χ2v) is 17.0. The van der Waals surface area contributed by atoms with Crippen LogP contribution in [0.5, 0.6) is 0 Å². The van der Waals surface area contributed by atoms with E-state index in [2.05, 4.69) is 163 Å². The van der Waals surface area contributed by atoms with Crippen LogP contribution >= 0.6 is 0 Å². The van der Waals surface area contributed by atoms with E-state index in [4.69, 9.17) is 4.42 Å². The van der Waals surface area contributed by atoms with Crippen molar-refractivity contribution in [1.29, 1.82) is 0 Å². The van der Waals surface area contributed by atoms with Gasteiger partial charge in [-0.15, -0.1) is 0 Å². The molecule has 1 heterocycles. The molecule has 2 nitrogen and oxygen atoms in total. The molecule has 0 saturated heterocycles. The summed E-state index contributed by atoms with van der Waals surface area (Å²) in [6.45, 7) is 2.28. The predicted octanol–water partition coefficient (Wildman–Crippen LogP) is 14.4. The van der Waals surface area contributed by atoms with Crippen molar-refractivity contribution >= 4 is 39.0 Å². The Morgan fingerprint density at radius 2 is 1.15 bits per heavy atom. The molecule has 0 aliphatic heterocycles. The van der Waals surface area contributed by atoms with Crippen molar-refractivity contribution in [2.24, 2.45) is 23.7 Å². The second kappa shape index (κ2) is 11.8. The van der Waals surface area contributed by atoms with Crippen LogP contribution in [-0.4, -0.2) is 0 Å². The highest BCUT2D eigenvalue weighted by molar-refractivity contribution is 6.10. The van der Waals surface area contributed by atoms with Crippen molar-refractivity contribution in [3.8, 4) is 33.4 Å². The number of anilines is 3. The molecule has 1 spiro atoms. The molecule has 266 valence electrons. The summed E-state index contributed by atoms with van der Waals surface area (Å²) >= 11 is 0. The molecule has 0 N–H and O–H groups in total. The summed E-state index contributed by atoms with van der Waals surface area (Å²) in [4.78, 5) is 2.37. The van der Waals surface area contributed by atoms with Crippen LogP contribution in [0.15, 0.2) is 162 Å². The summed E-state index contributed by atoms with van der Waals surface area (Å²) in [5.41, 5.74) is 17.7. The summed E-state index contributed by atoms with van der Waals surface area (Å²) < 4.78 is 6.64.